The van der Waals surface area contributed by atoms with E-state index in [1.165, 1.54) is 0 Å². The summed E-state index contributed by atoms with van der Waals surface area (Å²) in [6.45, 7) is 0. The lowest BCUT2D eigenvalue weighted by atomic mass is 10.3. The van der Waals surface area contributed by atoms with Crippen molar-refractivity contribution in [1.82, 2.24) is 8.96 Å². The summed E-state index contributed by atoms with van der Waals surface area (Å²) in [4.78, 5) is 4.10. The van der Waals surface area contributed by atoms with Crippen LogP contribution in [-0.2, 0) is 0 Å². The van der Waals surface area contributed by atoms with Crippen LogP contribution >= 0.6 is 12.8 Å². The number of methoxy groups -OCH3 is 1. The SMILES string of the molecule is COc1ccccc1.Sn1cnc2ccccc21. The van der Waals surface area contributed by atoms with E-state index < -0.39 is 0 Å². The minimum Gasteiger partial charge on any atom is -0.497 e. The average molecular weight is 258 g/mol. The lowest BCUT2D eigenvalue weighted by Crippen LogP contribution is -1.78. The number of ether oxygens (including phenoxy) is 1. The van der Waals surface area contributed by atoms with Crippen molar-refractivity contribution < 1.29 is 4.74 Å². The van der Waals surface area contributed by atoms with Crippen LogP contribution in [0.1, 0.15) is 0 Å². The van der Waals surface area contributed by atoms with Gasteiger partial charge in [0.05, 0.1) is 18.1 Å². The molecule has 0 aliphatic heterocycles. The molecule has 0 aliphatic carbocycles. The maximum absolute atomic E-state index is 4.91. The molecule has 0 unspecified atom stereocenters. The van der Waals surface area contributed by atoms with E-state index in [1.807, 2.05) is 54.6 Å². The van der Waals surface area contributed by atoms with E-state index in [1.54, 1.807) is 17.4 Å². The lowest BCUT2D eigenvalue weighted by molar-refractivity contribution is 0.415. The minimum absolute atomic E-state index is 0.910. The van der Waals surface area contributed by atoms with Crippen LogP contribution in [0, 0.1) is 0 Å². The van der Waals surface area contributed by atoms with Gasteiger partial charge in [-0.05, 0) is 24.3 Å². The molecule has 0 saturated carbocycles. The summed E-state index contributed by atoms with van der Waals surface area (Å²) in [6.07, 6.45) is 1.69. The van der Waals surface area contributed by atoms with Gasteiger partial charge in [-0.15, -0.1) is 0 Å². The van der Waals surface area contributed by atoms with Crippen molar-refractivity contribution >= 4 is 23.8 Å². The van der Waals surface area contributed by atoms with Gasteiger partial charge in [-0.2, -0.15) is 0 Å². The molecule has 0 saturated heterocycles. The van der Waals surface area contributed by atoms with Gasteiger partial charge in [0, 0.05) is 0 Å². The number of hydrogen-bond acceptors (Lipinski definition) is 3. The molecule has 1 aromatic heterocycles. The van der Waals surface area contributed by atoms with Crippen molar-refractivity contribution in [2.75, 3.05) is 7.11 Å². The smallest absolute Gasteiger partial charge is 0.118 e. The highest BCUT2D eigenvalue weighted by molar-refractivity contribution is 7.78. The molecule has 3 nitrogen and oxygen atoms in total. The van der Waals surface area contributed by atoms with Crippen LogP contribution in [0.15, 0.2) is 60.9 Å². The molecule has 0 N–H and O–H groups in total. The average Bonchev–Trinajstić information content (AvgIpc) is 2.83. The summed E-state index contributed by atoms with van der Waals surface area (Å²) in [7, 11) is 1.66. The van der Waals surface area contributed by atoms with Crippen LogP contribution in [0.2, 0.25) is 0 Å². The van der Waals surface area contributed by atoms with Crippen molar-refractivity contribution in [3.63, 3.8) is 0 Å². The number of benzene rings is 2. The molecule has 0 fully saturated rings. The molecule has 92 valence electrons. The maximum atomic E-state index is 4.91. The first-order valence-electron chi connectivity index (χ1n) is 5.51. The van der Waals surface area contributed by atoms with Gasteiger partial charge >= 0.3 is 0 Å². The normalized spacial score (nSPS) is 9.67. The highest BCUT2D eigenvalue weighted by atomic mass is 32.1. The standard InChI is InChI=1S/C7H6N2S.C7H8O/c10-9-5-8-6-3-1-2-4-7(6)9;1-8-7-5-3-2-4-6-7/h1-5,10H;2-6H,1H3. The fourth-order valence-corrected chi connectivity index (χ4v) is 1.72. The summed E-state index contributed by atoms with van der Waals surface area (Å²) in [6, 6.07) is 17.6. The fourth-order valence-electron chi connectivity index (χ4n) is 1.50. The predicted molar refractivity (Wildman–Crippen MR) is 77.1 cm³/mol. The number of aromatic nitrogens is 2. The van der Waals surface area contributed by atoms with Gasteiger partial charge in [0.25, 0.3) is 0 Å². The van der Waals surface area contributed by atoms with E-state index in [0.29, 0.717) is 0 Å². The van der Waals surface area contributed by atoms with Crippen molar-refractivity contribution in [1.29, 1.82) is 0 Å². The van der Waals surface area contributed by atoms with E-state index in [-0.39, 0.29) is 0 Å². The van der Waals surface area contributed by atoms with Crippen LogP contribution in [-0.4, -0.2) is 16.1 Å². The fraction of sp³-hybridized carbons (Fsp3) is 0.0714. The molecule has 0 bridgehead atoms. The third-order valence-electron chi connectivity index (χ3n) is 2.41. The highest BCUT2D eigenvalue weighted by Gasteiger charge is 1.94. The van der Waals surface area contributed by atoms with E-state index in [9.17, 15) is 0 Å². The zero-order chi connectivity index (χ0) is 12.8. The number of hydrogen-bond donors (Lipinski definition) is 1. The second-order valence-electron chi connectivity index (χ2n) is 3.60. The van der Waals surface area contributed by atoms with E-state index in [4.69, 9.17) is 4.74 Å². The number of fused-ring (bicyclic) bond motifs is 1. The Morgan fingerprint density at radius 2 is 1.67 bits per heavy atom. The molecule has 18 heavy (non-hydrogen) atoms. The number of rotatable bonds is 1. The van der Waals surface area contributed by atoms with Crippen molar-refractivity contribution in [3.05, 3.63) is 60.9 Å². The lowest BCUT2D eigenvalue weighted by Gasteiger charge is -1.93. The molecule has 0 atom stereocenters. The van der Waals surface area contributed by atoms with Crippen molar-refractivity contribution in [2.45, 2.75) is 0 Å². The summed E-state index contributed by atoms with van der Waals surface area (Å²) >= 11 is 4.16. The first kappa shape index (κ1) is 12.5. The molecular formula is C14H14N2OS. The first-order chi connectivity index (χ1) is 8.81. The van der Waals surface area contributed by atoms with Crippen LogP contribution in [0.5, 0.6) is 5.75 Å². The van der Waals surface area contributed by atoms with Gasteiger partial charge in [0.2, 0.25) is 0 Å². The zero-order valence-corrected chi connectivity index (χ0v) is 10.9. The van der Waals surface area contributed by atoms with E-state index in [0.717, 1.165) is 16.8 Å². The Bertz CT molecular complexity index is 607. The summed E-state index contributed by atoms with van der Waals surface area (Å²) in [5.74, 6) is 0.910. The quantitative estimate of drug-likeness (QED) is 0.677. The number of thiol groups is 1. The Morgan fingerprint density at radius 1 is 1.00 bits per heavy atom. The van der Waals surface area contributed by atoms with Crippen LogP contribution in [0.3, 0.4) is 0 Å². The molecule has 2 aromatic carbocycles. The van der Waals surface area contributed by atoms with Gasteiger partial charge in [0.15, 0.2) is 0 Å². The van der Waals surface area contributed by atoms with Gasteiger partial charge in [-0.25, -0.2) is 4.98 Å². The Kier molecular flexibility index (Phi) is 4.25. The minimum atomic E-state index is 0.910. The third kappa shape index (κ3) is 3.05. The number of nitrogens with zero attached hydrogens (tertiary/aromatic N) is 2. The Labute approximate surface area is 112 Å². The Balaban J connectivity index is 0.000000138. The Morgan fingerprint density at radius 3 is 2.28 bits per heavy atom. The largest absolute Gasteiger partial charge is 0.497 e. The van der Waals surface area contributed by atoms with Gasteiger partial charge in [-0.1, -0.05) is 43.1 Å². The third-order valence-corrected chi connectivity index (χ3v) is 2.73. The number of para-hydroxylation sites is 3. The molecule has 4 heteroatoms. The molecule has 3 rings (SSSR count). The number of imidazole rings is 1. The topological polar surface area (TPSA) is 27.1 Å². The van der Waals surface area contributed by atoms with Gasteiger partial charge < -0.3 is 4.74 Å². The molecule has 0 amide bonds. The second-order valence-corrected chi connectivity index (χ2v) is 4.03. The van der Waals surface area contributed by atoms with Gasteiger partial charge in [-0.3, -0.25) is 3.97 Å². The molecule has 0 spiro atoms. The van der Waals surface area contributed by atoms with Crippen LogP contribution in [0.4, 0.5) is 0 Å². The first-order valence-corrected chi connectivity index (χ1v) is 5.91. The monoisotopic (exact) mass is 258 g/mol. The van der Waals surface area contributed by atoms with Crippen LogP contribution < -0.4 is 4.74 Å². The predicted octanol–water partition coefficient (Wildman–Crippen LogP) is 3.42. The summed E-state index contributed by atoms with van der Waals surface area (Å²) in [5, 5.41) is 0. The van der Waals surface area contributed by atoms with Crippen molar-refractivity contribution in [2.24, 2.45) is 0 Å². The summed E-state index contributed by atoms with van der Waals surface area (Å²) < 4.78 is 6.62. The van der Waals surface area contributed by atoms with Gasteiger partial charge in [0.1, 0.15) is 12.1 Å². The summed E-state index contributed by atoms with van der Waals surface area (Å²) in [5.41, 5.74) is 2.03. The second kappa shape index (κ2) is 6.12. The molecule has 1 heterocycles. The molecular weight excluding hydrogens is 244 g/mol. The Hall–Kier alpha value is -1.94. The molecule has 0 aliphatic rings. The maximum Gasteiger partial charge on any atom is 0.118 e. The molecule has 0 radical (unpaired) electrons. The molecule has 3 aromatic rings. The van der Waals surface area contributed by atoms with Crippen molar-refractivity contribution in [3.8, 4) is 5.75 Å². The van der Waals surface area contributed by atoms with E-state index >= 15 is 0 Å². The zero-order valence-electron chi connectivity index (χ0n) is 10.0. The van der Waals surface area contributed by atoms with Crippen LogP contribution in [0.25, 0.3) is 11.0 Å². The van der Waals surface area contributed by atoms with E-state index in [2.05, 4.69) is 17.8 Å². The highest BCUT2D eigenvalue weighted by Crippen LogP contribution is 2.11.